The number of carbonyl (C=O) groups is 1. The molecule has 1 amide bonds. The maximum Gasteiger partial charge on any atom is 0.254 e. The maximum absolute atomic E-state index is 13.6. The Morgan fingerprint density at radius 3 is 2.46 bits per heavy atom. The Balaban J connectivity index is 1.20. The van der Waals surface area contributed by atoms with E-state index in [0.29, 0.717) is 5.92 Å². The van der Waals surface area contributed by atoms with Gasteiger partial charge in [-0.1, -0.05) is 18.2 Å². The molecular formula is C29H35N5O. The van der Waals surface area contributed by atoms with E-state index in [2.05, 4.69) is 41.1 Å². The smallest absolute Gasteiger partial charge is 0.254 e. The molecule has 3 heterocycles. The number of nitrogens with two attached hydrogens (primary N) is 1. The highest BCUT2D eigenvalue weighted by molar-refractivity contribution is 5.97. The number of hydrogen-bond acceptors (Lipinski definition) is 4. The van der Waals surface area contributed by atoms with Crippen LogP contribution in [0.4, 0.5) is 5.69 Å². The summed E-state index contributed by atoms with van der Waals surface area (Å²) in [4.78, 5) is 26.8. The number of carbonyl (C=O) groups excluding carboxylic acids is 1. The molecule has 3 aromatic rings. The minimum absolute atomic E-state index is 0.135. The lowest BCUT2D eigenvalue weighted by Gasteiger charge is -2.33. The molecule has 3 aliphatic rings. The van der Waals surface area contributed by atoms with Crippen molar-refractivity contribution in [3.63, 3.8) is 0 Å². The monoisotopic (exact) mass is 469 g/mol. The summed E-state index contributed by atoms with van der Waals surface area (Å²) in [6.45, 7) is 7.79. The SMILES string of the molecule is Cc1cc(C)c(-c2nc3c([nH]2)CN(C2CC2)CC3)cc1C(=O)N1CCC(c2ccc(N)cc2)CC1. The van der Waals surface area contributed by atoms with E-state index >= 15 is 0 Å². The summed E-state index contributed by atoms with van der Waals surface area (Å²) in [6, 6.07) is 13.2. The molecule has 1 aromatic heterocycles. The summed E-state index contributed by atoms with van der Waals surface area (Å²) in [7, 11) is 0. The normalized spacial score (nSPS) is 19.1. The van der Waals surface area contributed by atoms with Crippen LogP contribution in [0.15, 0.2) is 36.4 Å². The number of amides is 1. The molecule has 1 saturated carbocycles. The molecule has 2 fully saturated rings. The fourth-order valence-corrected chi connectivity index (χ4v) is 5.89. The summed E-state index contributed by atoms with van der Waals surface area (Å²) in [6.07, 6.45) is 5.62. The van der Waals surface area contributed by atoms with Crippen LogP contribution in [0.25, 0.3) is 11.4 Å². The number of rotatable bonds is 4. The third kappa shape index (κ3) is 4.36. The Labute approximate surface area is 207 Å². The lowest BCUT2D eigenvalue weighted by molar-refractivity contribution is 0.0712. The predicted octanol–water partition coefficient (Wildman–Crippen LogP) is 4.82. The zero-order valence-corrected chi connectivity index (χ0v) is 20.8. The Bertz CT molecular complexity index is 1250. The average molecular weight is 470 g/mol. The third-order valence-electron chi connectivity index (χ3n) is 8.17. The minimum Gasteiger partial charge on any atom is -0.399 e. The number of nitrogen functional groups attached to an aromatic ring is 1. The van der Waals surface area contributed by atoms with Crippen molar-refractivity contribution in [3.8, 4) is 11.4 Å². The quantitative estimate of drug-likeness (QED) is 0.537. The molecule has 6 heteroatoms. The van der Waals surface area contributed by atoms with Crippen molar-refractivity contribution in [2.45, 2.75) is 64.5 Å². The van der Waals surface area contributed by atoms with Gasteiger partial charge in [0.15, 0.2) is 0 Å². The summed E-state index contributed by atoms with van der Waals surface area (Å²) in [5, 5.41) is 0. The molecule has 6 nitrogen and oxygen atoms in total. The number of H-pyrrole nitrogens is 1. The zero-order chi connectivity index (χ0) is 24.1. The maximum atomic E-state index is 13.6. The Morgan fingerprint density at radius 1 is 1.00 bits per heavy atom. The molecule has 35 heavy (non-hydrogen) atoms. The van der Waals surface area contributed by atoms with Gasteiger partial charge >= 0.3 is 0 Å². The second kappa shape index (κ2) is 8.83. The van der Waals surface area contributed by atoms with E-state index < -0.39 is 0 Å². The third-order valence-corrected chi connectivity index (χ3v) is 8.17. The Hall–Kier alpha value is -3.12. The van der Waals surface area contributed by atoms with Gasteiger partial charge < -0.3 is 15.6 Å². The molecule has 0 atom stereocenters. The van der Waals surface area contributed by atoms with Crippen LogP contribution in [0, 0.1) is 13.8 Å². The first-order chi connectivity index (χ1) is 17.0. The number of aromatic amines is 1. The van der Waals surface area contributed by atoms with Crippen LogP contribution < -0.4 is 5.73 Å². The molecule has 1 saturated heterocycles. The van der Waals surface area contributed by atoms with Crippen LogP contribution in [0.3, 0.4) is 0 Å². The van der Waals surface area contributed by atoms with Crippen molar-refractivity contribution in [1.29, 1.82) is 0 Å². The van der Waals surface area contributed by atoms with E-state index in [1.807, 2.05) is 24.0 Å². The first-order valence-electron chi connectivity index (χ1n) is 13.0. The van der Waals surface area contributed by atoms with Crippen LogP contribution in [-0.4, -0.2) is 51.4 Å². The van der Waals surface area contributed by atoms with Gasteiger partial charge in [-0.05, 0) is 80.3 Å². The number of aryl methyl sites for hydroxylation is 2. The van der Waals surface area contributed by atoms with Crippen molar-refractivity contribution < 1.29 is 4.79 Å². The van der Waals surface area contributed by atoms with Gasteiger partial charge in [0, 0.05) is 55.5 Å². The fourth-order valence-electron chi connectivity index (χ4n) is 5.89. The van der Waals surface area contributed by atoms with E-state index in [-0.39, 0.29) is 5.91 Å². The molecule has 0 spiro atoms. The van der Waals surface area contributed by atoms with E-state index in [4.69, 9.17) is 10.7 Å². The number of benzene rings is 2. The summed E-state index contributed by atoms with van der Waals surface area (Å²) in [5.41, 5.74) is 14.4. The molecule has 2 aromatic carbocycles. The number of fused-ring (bicyclic) bond motifs is 1. The molecule has 182 valence electrons. The number of hydrogen-bond donors (Lipinski definition) is 2. The van der Waals surface area contributed by atoms with Crippen LogP contribution in [0.5, 0.6) is 0 Å². The first-order valence-corrected chi connectivity index (χ1v) is 13.0. The van der Waals surface area contributed by atoms with E-state index in [1.54, 1.807) is 0 Å². The molecule has 0 unspecified atom stereocenters. The molecule has 0 radical (unpaired) electrons. The van der Waals surface area contributed by atoms with Gasteiger partial charge in [0.05, 0.1) is 11.4 Å². The summed E-state index contributed by atoms with van der Waals surface area (Å²) in [5.74, 6) is 1.52. The minimum atomic E-state index is 0.135. The highest BCUT2D eigenvalue weighted by Gasteiger charge is 2.33. The van der Waals surface area contributed by atoms with Crippen LogP contribution in [0.2, 0.25) is 0 Å². The van der Waals surface area contributed by atoms with Gasteiger partial charge in [0.2, 0.25) is 0 Å². The molecular weight excluding hydrogens is 434 g/mol. The highest BCUT2D eigenvalue weighted by Crippen LogP contribution is 2.34. The van der Waals surface area contributed by atoms with Crippen LogP contribution in [-0.2, 0) is 13.0 Å². The number of anilines is 1. The van der Waals surface area contributed by atoms with Crippen molar-refractivity contribution >= 4 is 11.6 Å². The van der Waals surface area contributed by atoms with Gasteiger partial charge in [0.25, 0.3) is 5.91 Å². The first kappa shape index (κ1) is 22.4. The topological polar surface area (TPSA) is 78.2 Å². The summed E-state index contributed by atoms with van der Waals surface area (Å²) < 4.78 is 0. The zero-order valence-electron chi connectivity index (χ0n) is 20.8. The number of nitrogens with one attached hydrogen (secondary N) is 1. The fraction of sp³-hybridized carbons (Fsp3) is 0.448. The van der Waals surface area contributed by atoms with E-state index in [9.17, 15) is 4.79 Å². The van der Waals surface area contributed by atoms with Crippen molar-refractivity contribution in [1.82, 2.24) is 19.8 Å². The number of nitrogens with zero attached hydrogens (tertiary/aromatic N) is 3. The van der Waals surface area contributed by atoms with E-state index in [0.717, 1.165) is 85.2 Å². The largest absolute Gasteiger partial charge is 0.399 e. The molecule has 6 rings (SSSR count). The second-order valence-electron chi connectivity index (χ2n) is 10.7. The van der Waals surface area contributed by atoms with Crippen LogP contribution >= 0.6 is 0 Å². The standard InChI is InChI=1S/C29H35N5O/c1-18-15-19(2)25(29(35)33-12-9-21(10-13-33)20-3-5-22(30)6-4-20)16-24(18)28-31-26-11-14-34(23-7-8-23)17-27(26)32-28/h3-6,15-16,21,23H,7-14,17,30H2,1-2H3,(H,31,32). The molecule has 1 aliphatic carbocycles. The Kier molecular flexibility index (Phi) is 5.64. The van der Waals surface area contributed by atoms with E-state index in [1.165, 1.54) is 29.8 Å². The predicted molar refractivity (Wildman–Crippen MR) is 139 cm³/mol. The second-order valence-corrected chi connectivity index (χ2v) is 10.7. The van der Waals surface area contributed by atoms with Crippen molar-refractivity contribution in [2.24, 2.45) is 0 Å². The van der Waals surface area contributed by atoms with Crippen molar-refractivity contribution in [2.75, 3.05) is 25.4 Å². The van der Waals surface area contributed by atoms with Gasteiger partial charge in [-0.15, -0.1) is 0 Å². The van der Waals surface area contributed by atoms with Crippen LogP contribution in [0.1, 0.15) is 70.0 Å². The summed E-state index contributed by atoms with van der Waals surface area (Å²) >= 11 is 0. The Morgan fingerprint density at radius 2 is 1.74 bits per heavy atom. The van der Waals surface area contributed by atoms with Gasteiger partial charge in [-0.2, -0.15) is 0 Å². The molecule has 2 aliphatic heterocycles. The van der Waals surface area contributed by atoms with Gasteiger partial charge in [0.1, 0.15) is 5.82 Å². The molecule has 3 N–H and O–H groups in total. The van der Waals surface area contributed by atoms with Crippen molar-refractivity contribution in [3.05, 3.63) is 70.0 Å². The van der Waals surface area contributed by atoms with Gasteiger partial charge in [-0.3, -0.25) is 9.69 Å². The van der Waals surface area contributed by atoms with Gasteiger partial charge in [-0.25, -0.2) is 4.98 Å². The highest BCUT2D eigenvalue weighted by atomic mass is 16.2. The molecule has 0 bridgehead atoms. The number of piperidine rings is 1. The lowest BCUT2D eigenvalue weighted by Crippen LogP contribution is -2.38. The number of imidazole rings is 1. The number of aromatic nitrogens is 2. The average Bonchev–Trinajstić information content (AvgIpc) is 3.63. The number of likely N-dealkylation sites (tertiary alicyclic amines) is 1. The lowest BCUT2D eigenvalue weighted by atomic mass is 9.89.